The monoisotopic (exact) mass is 417 g/mol. The maximum atomic E-state index is 12.4. The molecule has 0 radical (unpaired) electrons. The van der Waals surface area contributed by atoms with Crippen LogP contribution in [0.4, 0.5) is 5.82 Å². The average molecular weight is 418 g/mol. The number of hydrogen-bond donors (Lipinski definition) is 2. The Hall–Kier alpha value is -3.32. The highest BCUT2D eigenvalue weighted by Crippen LogP contribution is 2.33. The molecule has 0 spiro atoms. The van der Waals surface area contributed by atoms with Crippen molar-refractivity contribution in [2.45, 2.75) is 33.9 Å². The number of nitrogens with zero attached hydrogens (tertiary/aromatic N) is 3. The zero-order valence-corrected chi connectivity index (χ0v) is 18.0. The second-order valence-electron chi connectivity index (χ2n) is 7.17. The minimum atomic E-state index is -0.0937. The number of anilines is 1. The molecule has 4 aromatic rings. The molecule has 0 aliphatic carbocycles. The van der Waals surface area contributed by atoms with Crippen LogP contribution < -0.4 is 10.6 Å². The molecule has 3 heterocycles. The van der Waals surface area contributed by atoms with E-state index in [0.717, 1.165) is 33.0 Å². The third kappa shape index (κ3) is 4.31. The largest absolute Gasteiger partial charge is 0.365 e. The van der Waals surface area contributed by atoms with Gasteiger partial charge in [0.1, 0.15) is 16.5 Å². The molecule has 0 bridgehead atoms. The molecule has 0 fully saturated rings. The topological polar surface area (TPSA) is 79.8 Å². The van der Waals surface area contributed by atoms with Gasteiger partial charge < -0.3 is 10.6 Å². The van der Waals surface area contributed by atoms with Crippen molar-refractivity contribution in [2.75, 3.05) is 5.32 Å². The molecule has 1 aromatic carbocycles. The summed E-state index contributed by atoms with van der Waals surface area (Å²) >= 11 is 1.70. The molecule has 1 amide bonds. The summed E-state index contributed by atoms with van der Waals surface area (Å²) in [6.45, 7) is 7.23. The standard InChI is InChI=1S/C23H23N5OS/c1-14-15(2)30-23-20(14)21(27-16(3)28-23)25-12-17-4-6-19(7-5-17)22(29)26-13-18-8-10-24-11-9-18/h4-11H,12-13H2,1-3H3,(H,26,29)(H,25,27,28). The van der Waals surface area contributed by atoms with Crippen molar-refractivity contribution < 1.29 is 4.79 Å². The Morgan fingerprint density at radius 3 is 2.37 bits per heavy atom. The summed E-state index contributed by atoms with van der Waals surface area (Å²) in [7, 11) is 0. The van der Waals surface area contributed by atoms with Crippen LogP contribution >= 0.6 is 11.3 Å². The molecule has 3 aromatic heterocycles. The van der Waals surface area contributed by atoms with Crippen molar-refractivity contribution in [2.24, 2.45) is 0 Å². The number of rotatable bonds is 6. The van der Waals surface area contributed by atoms with Gasteiger partial charge in [0.25, 0.3) is 5.91 Å². The van der Waals surface area contributed by atoms with Crippen LogP contribution in [0.5, 0.6) is 0 Å². The SMILES string of the molecule is Cc1nc(NCc2ccc(C(=O)NCc3ccncc3)cc2)c2c(C)c(C)sc2n1. The number of nitrogens with one attached hydrogen (secondary N) is 2. The van der Waals surface area contributed by atoms with E-state index in [2.05, 4.69) is 39.4 Å². The Balaban J connectivity index is 1.42. The molecular weight excluding hydrogens is 394 g/mol. The lowest BCUT2D eigenvalue weighted by Gasteiger charge is -2.10. The van der Waals surface area contributed by atoms with E-state index in [4.69, 9.17) is 0 Å². The summed E-state index contributed by atoms with van der Waals surface area (Å²) in [5.41, 5.74) is 3.95. The first kappa shape index (κ1) is 20.0. The molecule has 4 rings (SSSR count). The normalized spacial score (nSPS) is 10.9. The van der Waals surface area contributed by atoms with Crippen LogP contribution in [-0.2, 0) is 13.1 Å². The molecule has 152 valence electrons. The highest BCUT2D eigenvalue weighted by atomic mass is 32.1. The second-order valence-corrected chi connectivity index (χ2v) is 8.37. The predicted molar refractivity (Wildman–Crippen MR) is 121 cm³/mol. The predicted octanol–water partition coefficient (Wildman–Crippen LogP) is 4.55. The van der Waals surface area contributed by atoms with Crippen molar-refractivity contribution in [3.8, 4) is 0 Å². The first-order valence-electron chi connectivity index (χ1n) is 9.75. The number of aromatic nitrogens is 3. The number of hydrogen-bond acceptors (Lipinski definition) is 6. The lowest BCUT2D eigenvalue weighted by atomic mass is 10.1. The number of fused-ring (bicyclic) bond motifs is 1. The van der Waals surface area contributed by atoms with Crippen molar-refractivity contribution in [3.63, 3.8) is 0 Å². The fourth-order valence-electron chi connectivity index (χ4n) is 3.23. The number of thiophene rings is 1. The Labute approximate surface area is 179 Å². The number of amides is 1. The molecule has 7 heteroatoms. The molecule has 0 saturated carbocycles. The van der Waals surface area contributed by atoms with Crippen molar-refractivity contribution in [1.82, 2.24) is 20.3 Å². The van der Waals surface area contributed by atoms with E-state index >= 15 is 0 Å². The van der Waals surface area contributed by atoms with Crippen LogP contribution in [0.1, 0.15) is 37.7 Å². The molecule has 0 unspecified atom stereocenters. The van der Waals surface area contributed by atoms with E-state index < -0.39 is 0 Å². The minimum Gasteiger partial charge on any atom is -0.365 e. The van der Waals surface area contributed by atoms with Crippen LogP contribution in [0, 0.1) is 20.8 Å². The highest BCUT2D eigenvalue weighted by molar-refractivity contribution is 7.18. The zero-order chi connectivity index (χ0) is 21.1. The summed E-state index contributed by atoms with van der Waals surface area (Å²) in [6.07, 6.45) is 3.43. The van der Waals surface area contributed by atoms with Crippen LogP contribution in [0.25, 0.3) is 10.2 Å². The van der Waals surface area contributed by atoms with Crippen LogP contribution in [0.3, 0.4) is 0 Å². The van der Waals surface area contributed by atoms with Gasteiger partial charge in [0.05, 0.1) is 5.39 Å². The first-order valence-corrected chi connectivity index (χ1v) is 10.6. The number of benzene rings is 1. The van der Waals surface area contributed by atoms with Gasteiger partial charge in [0.2, 0.25) is 0 Å². The lowest BCUT2D eigenvalue weighted by molar-refractivity contribution is 0.0951. The third-order valence-electron chi connectivity index (χ3n) is 5.02. The van der Waals surface area contributed by atoms with Gasteiger partial charge in [-0.05, 0) is 61.7 Å². The highest BCUT2D eigenvalue weighted by Gasteiger charge is 2.13. The van der Waals surface area contributed by atoms with Crippen LogP contribution in [0.15, 0.2) is 48.8 Å². The van der Waals surface area contributed by atoms with Crippen molar-refractivity contribution >= 4 is 33.3 Å². The van der Waals surface area contributed by atoms with Gasteiger partial charge in [-0.2, -0.15) is 0 Å². The van der Waals surface area contributed by atoms with Crippen molar-refractivity contribution in [1.29, 1.82) is 0 Å². The Morgan fingerprint density at radius 1 is 0.933 bits per heavy atom. The summed E-state index contributed by atoms with van der Waals surface area (Å²) in [5.74, 6) is 1.52. The van der Waals surface area contributed by atoms with Gasteiger partial charge in [-0.25, -0.2) is 9.97 Å². The van der Waals surface area contributed by atoms with E-state index in [0.29, 0.717) is 18.7 Å². The molecule has 30 heavy (non-hydrogen) atoms. The lowest BCUT2D eigenvalue weighted by Crippen LogP contribution is -2.22. The number of carbonyl (C=O) groups excluding carboxylic acids is 1. The van der Waals surface area contributed by atoms with Crippen molar-refractivity contribution in [3.05, 3.63) is 81.7 Å². The zero-order valence-electron chi connectivity index (χ0n) is 17.2. The molecular formula is C23H23N5OS. The van der Waals surface area contributed by atoms with Crippen LogP contribution in [-0.4, -0.2) is 20.9 Å². The van der Waals surface area contributed by atoms with Gasteiger partial charge >= 0.3 is 0 Å². The Morgan fingerprint density at radius 2 is 1.63 bits per heavy atom. The fraction of sp³-hybridized carbons (Fsp3) is 0.217. The third-order valence-corrected chi connectivity index (χ3v) is 6.12. The summed E-state index contributed by atoms with van der Waals surface area (Å²) < 4.78 is 0. The molecule has 0 atom stereocenters. The summed E-state index contributed by atoms with van der Waals surface area (Å²) in [6, 6.07) is 11.4. The van der Waals surface area contributed by atoms with Gasteiger partial charge in [-0.1, -0.05) is 12.1 Å². The van der Waals surface area contributed by atoms with E-state index in [1.807, 2.05) is 43.3 Å². The Bertz CT molecular complexity index is 1190. The average Bonchev–Trinajstić information content (AvgIpc) is 3.04. The number of carbonyl (C=O) groups is 1. The van der Waals surface area contributed by atoms with Gasteiger partial charge in [-0.15, -0.1) is 11.3 Å². The van der Waals surface area contributed by atoms with Gasteiger partial charge in [0.15, 0.2) is 0 Å². The summed E-state index contributed by atoms with van der Waals surface area (Å²) in [4.78, 5) is 27.8. The number of pyridine rings is 1. The van der Waals surface area contributed by atoms with E-state index in [1.54, 1.807) is 23.7 Å². The van der Waals surface area contributed by atoms with E-state index in [-0.39, 0.29) is 5.91 Å². The number of aryl methyl sites for hydroxylation is 3. The van der Waals surface area contributed by atoms with Gasteiger partial charge in [0, 0.05) is 35.9 Å². The summed E-state index contributed by atoms with van der Waals surface area (Å²) in [5, 5.41) is 7.47. The molecule has 0 aliphatic heterocycles. The maximum absolute atomic E-state index is 12.4. The minimum absolute atomic E-state index is 0.0937. The maximum Gasteiger partial charge on any atom is 0.251 e. The quantitative estimate of drug-likeness (QED) is 0.481. The molecule has 0 aliphatic rings. The van der Waals surface area contributed by atoms with E-state index in [9.17, 15) is 4.79 Å². The van der Waals surface area contributed by atoms with Crippen LogP contribution in [0.2, 0.25) is 0 Å². The molecule has 2 N–H and O–H groups in total. The molecule has 6 nitrogen and oxygen atoms in total. The second kappa shape index (κ2) is 8.59. The van der Waals surface area contributed by atoms with E-state index in [1.165, 1.54) is 10.4 Å². The smallest absolute Gasteiger partial charge is 0.251 e. The van der Waals surface area contributed by atoms with Gasteiger partial charge in [-0.3, -0.25) is 9.78 Å². The Kier molecular flexibility index (Phi) is 5.72. The first-order chi connectivity index (χ1) is 14.5. The fourth-order valence-corrected chi connectivity index (χ4v) is 4.30. The molecule has 0 saturated heterocycles.